The molecule has 0 aliphatic heterocycles. The molecule has 0 fully saturated rings. The quantitative estimate of drug-likeness (QED) is 0.843. The van der Waals surface area contributed by atoms with Gasteiger partial charge in [0.1, 0.15) is 10.7 Å². The Labute approximate surface area is 125 Å². The van der Waals surface area contributed by atoms with E-state index >= 15 is 0 Å². The monoisotopic (exact) mass is 334 g/mol. The third-order valence-corrected chi connectivity index (χ3v) is 4.42. The first kappa shape index (κ1) is 14.9. The number of hydrogen-bond donors (Lipinski definition) is 2. The topological polar surface area (TPSA) is 72.2 Å². The number of nitrogens with one attached hydrogen (secondary N) is 1. The lowest BCUT2D eigenvalue weighted by Crippen LogP contribution is -2.15. The summed E-state index contributed by atoms with van der Waals surface area (Å²) >= 11 is 11.5. The molecule has 106 valence electrons. The molecule has 0 saturated heterocycles. The van der Waals surface area contributed by atoms with Gasteiger partial charge in [0.05, 0.1) is 16.4 Å². The second-order valence-corrected chi connectivity index (χ2v) is 6.41. The fourth-order valence-electron chi connectivity index (χ4n) is 1.54. The van der Waals surface area contributed by atoms with Gasteiger partial charge < -0.3 is 5.73 Å². The molecule has 0 unspecified atom stereocenters. The highest BCUT2D eigenvalue weighted by Crippen LogP contribution is 2.28. The van der Waals surface area contributed by atoms with Crippen molar-refractivity contribution in [1.82, 2.24) is 0 Å². The van der Waals surface area contributed by atoms with Gasteiger partial charge in [0.2, 0.25) is 0 Å². The van der Waals surface area contributed by atoms with Gasteiger partial charge >= 0.3 is 0 Å². The van der Waals surface area contributed by atoms with Crippen LogP contribution in [0.5, 0.6) is 0 Å². The lowest BCUT2D eigenvalue weighted by Gasteiger charge is -2.11. The molecule has 8 heteroatoms. The van der Waals surface area contributed by atoms with Crippen LogP contribution in [0, 0.1) is 5.82 Å². The lowest BCUT2D eigenvalue weighted by molar-refractivity contribution is 0.601. The first-order valence-electron chi connectivity index (χ1n) is 5.32. The van der Waals surface area contributed by atoms with Crippen LogP contribution < -0.4 is 10.5 Å². The van der Waals surface area contributed by atoms with E-state index < -0.39 is 15.8 Å². The van der Waals surface area contributed by atoms with Crippen molar-refractivity contribution < 1.29 is 12.8 Å². The van der Waals surface area contributed by atoms with E-state index in [1.165, 1.54) is 24.3 Å². The summed E-state index contributed by atoms with van der Waals surface area (Å²) in [7, 11) is -3.94. The van der Waals surface area contributed by atoms with Gasteiger partial charge in [-0.05, 0) is 36.4 Å². The minimum Gasteiger partial charge on any atom is -0.398 e. The zero-order valence-electron chi connectivity index (χ0n) is 9.90. The Bertz CT molecular complexity index is 766. The molecule has 0 bridgehead atoms. The van der Waals surface area contributed by atoms with E-state index in [-0.39, 0.29) is 21.3 Å². The molecule has 0 heterocycles. The maximum Gasteiger partial charge on any atom is 0.263 e. The molecule has 0 spiro atoms. The average Bonchev–Trinajstić information content (AvgIpc) is 2.32. The first-order valence-corrected chi connectivity index (χ1v) is 7.56. The molecule has 4 nitrogen and oxygen atoms in total. The Morgan fingerprint density at radius 2 is 1.80 bits per heavy atom. The average molecular weight is 335 g/mol. The molecule has 2 rings (SSSR count). The van der Waals surface area contributed by atoms with Crippen LogP contribution in [0.2, 0.25) is 10.0 Å². The van der Waals surface area contributed by atoms with Crippen LogP contribution in [0.3, 0.4) is 0 Å². The Balaban J connectivity index is 2.41. The molecule has 2 aromatic carbocycles. The smallest absolute Gasteiger partial charge is 0.263 e. The summed E-state index contributed by atoms with van der Waals surface area (Å²) in [6.07, 6.45) is 0. The summed E-state index contributed by atoms with van der Waals surface area (Å²) in [5.41, 5.74) is 5.69. The minimum atomic E-state index is -3.94. The van der Waals surface area contributed by atoms with Crippen molar-refractivity contribution in [3.05, 3.63) is 52.3 Å². The van der Waals surface area contributed by atoms with Crippen molar-refractivity contribution in [3.63, 3.8) is 0 Å². The highest BCUT2D eigenvalue weighted by Gasteiger charge is 2.19. The highest BCUT2D eigenvalue weighted by molar-refractivity contribution is 7.92. The predicted molar refractivity (Wildman–Crippen MR) is 78.1 cm³/mol. The number of benzene rings is 2. The fourth-order valence-corrected chi connectivity index (χ4v) is 3.18. The number of nitrogen functional groups attached to an aromatic ring is 1. The number of hydrogen-bond acceptors (Lipinski definition) is 3. The van der Waals surface area contributed by atoms with Crippen LogP contribution in [0.4, 0.5) is 15.8 Å². The van der Waals surface area contributed by atoms with E-state index in [9.17, 15) is 12.8 Å². The second-order valence-electron chi connectivity index (χ2n) is 3.91. The number of halogens is 3. The second kappa shape index (κ2) is 5.47. The largest absolute Gasteiger partial charge is 0.398 e. The number of anilines is 2. The van der Waals surface area contributed by atoms with Crippen molar-refractivity contribution in [3.8, 4) is 0 Å². The van der Waals surface area contributed by atoms with Gasteiger partial charge in [0.15, 0.2) is 0 Å². The maximum absolute atomic E-state index is 12.9. The van der Waals surface area contributed by atoms with Gasteiger partial charge in [0.25, 0.3) is 10.0 Å². The summed E-state index contributed by atoms with van der Waals surface area (Å²) < 4.78 is 39.5. The van der Waals surface area contributed by atoms with Crippen LogP contribution in [0.1, 0.15) is 0 Å². The van der Waals surface area contributed by atoms with E-state index in [1.807, 2.05) is 0 Å². The van der Waals surface area contributed by atoms with Gasteiger partial charge in [-0.25, -0.2) is 12.8 Å². The van der Waals surface area contributed by atoms with E-state index in [0.717, 1.165) is 12.1 Å². The molecule has 0 aliphatic rings. The number of sulfonamides is 1. The van der Waals surface area contributed by atoms with Gasteiger partial charge in [0, 0.05) is 5.02 Å². The molecule has 0 aromatic heterocycles. The van der Waals surface area contributed by atoms with Crippen LogP contribution >= 0.6 is 23.2 Å². The van der Waals surface area contributed by atoms with E-state index in [4.69, 9.17) is 28.9 Å². The summed E-state index contributed by atoms with van der Waals surface area (Å²) in [6.45, 7) is 0. The maximum atomic E-state index is 12.9. The fraction of sp³-hybridized carbons (Fsp3) is 0. The molecule has 0 aliphatic carbocycles. The van der Waals surface area contributed by atoms with Crippen molar-refractivity contribution in [2.75, 3.05) is 10.5 Å². The van der Waals surface area contributed by atoms with Gasteiger partial charge in [-0.15, -0.1) is 0 Å². The number of rotatable bonds is 3. The van der Waals surface area contributed by atoms with Crippen LogP contribution in [0.25, 0.3) is 0 Å². The first-order chi connectivity index (χ1) is 9.29. The van der Waals surface area contributed by atoms with Crippen LogP contribution in [0.15, 0.2) is 41.3 Å². The Kier molecular flexibility index (Phi) is 4.08. The molecule has 0 radical (unpaired) electrons. The SMILES string of the molecule is Nc1cc(Cl)ccc1S(=O)(=O)Nc1ccc(F)cc1Cl. The van der Waals surface area contributed by atoms with Crippen molar-refractivity contribution in [1.29, 1.82) is 0 Å². The van der Waals surface area contributed by atoms with Gasteiger partial charge in [-0.1, -0.05) is 23.2 Å². The zero-order valence-corrected chi connectivity index (χ0v) is 12.2. The lowest BCUT2D eigenvalue weighted by atomic mass is 10.3. The molecule has 0 atom stereocenters. The third-order valence-electron chi connectivity index (χ3n) is 2.44. The normalized spacial score (nSPS) is 11.3. The van der Waals surface area contributed by atoms with Crippen LogP contribution in [-0.2, 0) is 10.0 Å². The van der Waals surface area contributed by atoms with Gasteiger partial charge in [-0.2, -0.15) is 0 Å². The molecule has 0 saturated carbocycles. The van der Waals surface area contributed by atoms with Crippen LogP contribution in [-0.4, -0.2) is 8.42 Å². The van der Waals surface area contributed by atoms with Crippen molar-refractivity contribution in [2.24, 2.45) is 0 Å². The molecule has 20 heavy (non-hydrogen) atoms. The minimum absolute atomic E-state index is 0.00299. The van der Waals surface area contributed by atoms with Gasteiger partial charge in [-0.3, -0.25) is 4.72 Å². The number of nitrogens with two attached hydrogens (primary N) is 1. The molecule has 3 N–H and O–H groups in total. The summed E-state index contributed by atoms with van der Waals surface area (Å²) in [4.78, 5) is -0.137. The standard InChI is InChI=1S/C12H9Cl2FN2O2S/c13-7-1-4-12(10(16)5-7)20(18,19)17-11-3-2-8(15)6-9(11)14/h1-6,17H,16H2. The molecular weight excluding hydrogens is 326 g/mol. The third kappa shape index (κ3) is 3.15. The van der Waals surface area contributed by atoms with Crippen molar-refractivity contribution >= 4 is 44.6 Å². The predicted octanol–water partition coefficient (Wildman–Crippen LogP) is 3.52. The molecular formula is C12H9Cl2FN2O2S. The Hall–Kier alpha value is -1.50. The summed E-state index contributed by atoms with van der Waals surface area (Å²) in [5, 5.41) is 0.266. The molecule has 2 aromatic rings. The van der Waals surface area contributed by atoms with E-state index in [2.05, 4.69) is 4.72 Å². The Morgan fingerprint density at radius 1 is 1.10 bits per heavy atom. The van der Waals surface area contributed by atoms with Crippen molar-refractivity contribution in [2.45, 2.75) is 4.90 Å². The highest BCUT2D eigenvalue weighted by atomic mass is 35.5. The molecule has 0 amide bonds. The summed E-state index contributed by atoms with van der Waals surface area (Å²) in [5.74, 6) is -0.566. The van der Waals surface area contributed by atoms with E-state index in [1.54, 1.807) is 0 Å². The zero-order chi connectivity index (χ0) is 14.9. The summed E-state index contributed by atoms with van der Waals surface area (Å²) in [6, 6.07) is 7.32. The Morgan fingerprint density at radius 3 is 2.40 bits per heavy atom. The van der Waals surface area contributed by atoms with E-state index in [0.29, 0.717) is 5.02 Å².